The summed E-state index contributed by atoms with van der Waals surface area (Å²) in [6.07, 6.45) is 7.73. The van der Waals surface area contributed by atoms with Crippen LogP contribution in [0.4, 0.5) is 0 Å². The van der Waals surface area contributed by atoms with Gasteiger partial charge in [-0.1, -0.05) is 35.7 Å². The number of hydrogen-bond donors (Lipinski definition) is 1. The Bertz CT molecular complexity index is 741. The molecule has 118 valence electrons. The minimum Gasteiger partial charge on any atom is -0.411 e. The van der Waals surface area contributed by atoms with Crippen LogP contribution in [0, 0.1) is 5.92 Å². The van der Waals surface area contributed by atoms with Crippen LogP contribution >= 0.6 is 0 Å². The normalized spacial score (nSPS) is 22.0. The molecule has 0 bridgehead atoms. The third-order valence-corrected chi connectivity index (χ3v) is 5.87. The average Bonchev–Trinajstić information content (AvgIpc) is 3.15. The number of sulfone groups is 1. The summed E-state index contributed by atoms with van der Waals surface area (Å²) in [6, 6.07) is 6.99. The van der Waals surface area contributed by atoms with Crippen LogP contribution in [-0.4, -0.2) is 25.6 Å². The molecule has 1 aromatic carbocycles. The number of benzene rings is 1. The van der Waals surface area contributed by atoms with Crippen molar-refractivity contribution in [2.75, 3.05) is 6.26 Å². The topological polar surface area (TPSA) is 66.7 Å². The molecule has 0 unspecified atom stereocenters. The molecule has 1 aromatic rings. The van der Waals surface area contributed by atoms with Gasteiger partial charge in [-0.2, -0.15) is 0 Å². The van der Waals surface area contributed by atoms with Crippen LogP contribution in [0.2, 0.25) is 0 Å². The maximum atomic E-state index is 11.8. The maximum absolute atomic E-state index is 11.8. The first kappa shape index (κ1) is 15.3. The van der Waals surface area contributed by atoms with Gasteiger partial charge in [0.25, 0.3) is 0 Å². The summed E-state index contributed by atoms with van der Waals surface area (Å²) in [5.74, 6) is 0.552. The van der Waals surface area contributed by atoms with Gasteiger partial charge < -0.3 is 5.21 Å². The molecule has 0 saturated heterocycles. The molecule has 0 atom stereocenters. The molecule has 0 spiro atoms. The highest BCUT2D eigenvalue weighted by atomic mass is 32.2. The van der Waals surface area contributed by atoms with E-state index in [1.54, 1.807) is 18.2 Å². The molecule has 0 aromatic heterocycles. The lowest BCUT2D eigenvalue weighted by Gasteiger charge is -2.14. The Morgan fingerprint density at radius 1 is 1.18 bits per heavy atom. The van der Waals surface area contributed by atoms with Crippen molar-refractivity contribution in [2.24, 2.45) is 11.1 Å². The molecule has 1 saturated carbocycles. The molecule has 0 amide bonds. The van der Waals surface area contributed by atoms with Crippen molar-refractivity contribution in [1.82, 2.24) is 0 Å². The lowest BCUT2D eigenvalue weighted by Crippen LogP contribution is -2.03. The average molecular weight is 319 g/mol. The van der Waals surface area contributed by atoms with Crippen molar-refractivity contribution in [1.29, 1.82) is 0 Å². The van der Waals surface area contributed by atoms with Gasteiger partial charge >= 0.3 is 0 Å². The zero-order chi connectivity index (χ0) is 15.7. The van der Waals surface area contributed by atoms with E-state index >= 15 is 0 Å². The summed E-state index contributed by atoms with van der Waals surface area (Å²) in [5.41, 5.74) is 3.86. The first-order valence-corrected chi connectivity index (χ1v) is 9.64. The van der Waals surface area contributed by atoms with E-state index in [1.807, 2.05) is 6.07 Å². The Hall–Kier alpha value is -1.62. The van der Waals surface area contributed by atoms with Crippen molar-refractivity contribution < 1.29 is 13.6 Å². The van der Waals surface area contributed by atoms with Gasteiger partial charge in [-0.25, -0.2) is 8.42 Å². The predicted molar refractivity (Wildman–Crippen MR) is 86.9 cm³/mol. The molecule has 1 fully saturated rings. The van der Waals surface area contributed by atoms with E-state index in [9.17, 15) is 13.6 Å². The van der Waals surface area contributed by atoms with Gasteiger partial charge in [-0.3, -0.25) is 0 Å². The minimum absolute atomic E-state index is 0.312. The van der Waals surface area contributed by atoms with Crippen molar-refractivity contribution >= 4 is 21.1 Å². The maximum Gasteiger partial charge on any atom is 0.175 e. The second-order valence-corrected chi connectivity index (χ2v) is 8.24. The molecular formula is C17H21NO3S. The Balaban J connectivity index is 2.11. The predicted octanol–water partition coefficient (Wildman–Crippen LogP) is 3.66. The largest absolute Gasteiger partial charge is 0.411 e. The van der Waals surface area contributed by atoms with E-state index in [-0.39, 0.29) is 0 Å². The van der Waals surface area contributed by atoms with Gasteiger partial charge in [-0.05, 0) is 49.3 Å². The number of allylic oxidation sites excluding steroid dienone is 2. The van der Waals surface area contributed by atoms with Crippen molar-refractivity contribution in [2.45, 2.75) is 43.4 Å². The standard InChI is InChI=1S/C17H21NO3S/c1-22(20,21)14-8-4-7-13(11-14)17-15(9-10-16(17)18-19)12-5-2-3-6-12/h4,7-8,11-12,19H,2-3,5-6,9-10H2,1H3/b18-16-. The molecule has 0 heterocycles. The van der Waals surface area contributed by atoms with Crippen molar-refractivity contribution in [3.63, 3.8) is 0 Å². The summed E-state index contributed by atoms with van der Waals surface area (Å²) in [6.45, 7) is 0. The molecule has 1 N–H and O–H groups in total. The Kier molecular flexibility index (Phi) is 4.08. The van der Waals surface area contributed by atoms with Crippen LogP contribution < -0.4 is 0 Å². The van der Waals surface area contributed by atoms with Gasteiger partial charge in [0.2, 0.25) is 0 Å². The van der Waals surface area contributed by atoms with E-state index in [1.165, 1.54) is 37.5 Å². The van der Waals surface area contributed by atoms with Gasteiger partial charge in [-0.15, -0.1) is 0 Å². The summed E-state index contributed by atoms with van der Waals surface area (Å²) < 4.78 is 23.6. The van der Waals surface area contributed by atoms with Crippen LogP contribution in [0.3, 0.4) is 0 Å². The summed E-state index contributed by atoms with van der Waals surface area (Å²) in [7, 11) is -3.24. The molecule has 2 aliphatic rings. The zero-order valence-corrected chi connectivity index (χ0v) is 13.6. The zero-order valence-electron chi connectivity index (χ0n) is 12.7. The smallest absolute Gasteiger partial charge is 0.175 e. The molecule has 5 heteroatoms. The fraction of sp³-hybridized carbons (Fsp3) is 0.471. The Morgan fingerprint density at radius 2 is 1.91 bits per heavy atom. The molecular weight excluding hydrogens is 298 g/mol. The lowest BCUT2D eigenvalue weighted by molar-refractivity contribution is 0.319. The third-order valence-electron chi connectivity index (χ3n) is 4.76. The van der Waals surface area contributed by atoms with Gasteiger partial charge in [0, 0.05) is 11.8 Å². The van der Waals surface area contributed by atoms with E-state index < -0.39 is 9.84 Å². The quantitative estimate of drug-likeness (QED) is 0.683. The fourth-order valence-corrected chi connectivity index (χ4v) is 4.37. The van der Waals surface area contributed by atoms with Gasteiger partial charge in [0.05, 0.1) is 10.6 Å². The van der Waals surface area contributed by atoms with E-state index in [0.717, 1.165) is 24.0 Å². The third kappa shape index (κ3) is 2.82. The first-order chi connectivity index (χ1) is 10.5. The number of hydrogen-bond acceptors (Lipinski definition) is 4. The molecule has 2 aliphatic carbocycles. The van der Waals surface area contributed by atoms with Crippen LogP contribution in [-0.2, 0) is 9.84 Å². The van der Waals surface area contributed by atoms with E-state index in [0.29, 0.717) is 16.5 Å². The van der Waals surface area contributed by atoms with E-state index in [4.69, 9.17) is 0 Å². The molecule has 22 heavy (non-hydrogen) atoms. The van der Waals surface area contributed by atoms with Gasteiger partial charge in [0.1, 0.15) is 0 Å². The van der Waals surface area contributed by atoms with Crippen molar-refractivity contribution in [3.05, 3.63) is 35.4 Å². The minimum atomic E-state index is -3.24. The highest BCUT2D eigenvalue weighted by Crippen LogP contribution is 2.42. The number of nitrogens with zero attached hydrogens (tertiary/aromatic N) is 1. The lowest BCUT2D eigenvalue weighted by atomic mass is 9.91. The summed E-state index contributed by atoms with van der Waals surface area (Å²) in [5, 5.41) is 12.8. The second-order valence-electron chi connectivity index (χ2n) is 6.23. The van der Waals surface area contributed by atoms with Crippen LogP contribution in [0.1, 0.15) is 44.1 Å². The van der Waals surface area contributed by atoms with Crippen molar-refractivity contribution in [3.8, 4) is 0 Å². The van der Waals surface area contributed by atoms with Crippen LogP contribution in [0.15, 0.2) is 39.9 Å². The van der Waals surface area contributed by atoms with Crippen LogP contribution in [0.25, 0.3) is 5.57 Å². The number of rotatable bonds is 3. The second kappa shape index (κ2) is 5.88. The fourth-order valence-electron chi connectivity index (χ4n) is 3.71. The van der Waals surface area contributed by atoms with Crippen LogP contribution in [0.5, 0.6) is 0 Å². The number of oxime groups is 1. The summed E-state index contributed by atoms with van der Waals surface area (Å²) >= 11 is 0. The Morgan fingerprint density at radius 3 is 2.55 bits per heavy atom. The molecule has 4 nitrogen and oxygen atoms in total. The summed E-state index contributed by atoms with van der Waals surface area (Å²) in [4.78, 5) is 0.312. The monoisotopic (exact) mass is 319 g/mol. The molecule has 0 radical (unpaired) electrons. The molecule has 3 rings (SSSR count). The highest BCUT2D eigenvalue weighted by Gasteiger charge is 2.30. The Labute approximate surface area is 131 Å². The first-order valence-electron chi connectivity index (χ1n) is 7.75. The van der Waals surface area contributed by atoms with Gasteiger partial charge in [0.15, 0.2) is 9.84 Å². The van der Waals surface area contributed by atoms with E-state index in [2.05, 4.69) is 5.16 Å². The molecule has 0 aliphatic heterocycles. The highest BCUT2D eigenvalue weighted by molar-refractivity contribution is 7.90. The SMILES string of the molecule is CS(=O)(=O)c1cccc(C2=C(C3CCCC3)CC/C2=N/O)c1.